The minimum Gasteiger partial charge on any atom is -0.392 e. The SMILES string of the molecule is C[C@@H](CCCNC(N)=O)C(=O)Cc1ccc(CO)cc1. The van der Waals surface area contributed by atoms with Gasteiger partial charge in [0.25, 0.3) is 0 Å². The number of urea groups is 1. The van der Waals surface area contributed by atoms with Crippen LogP contribution in [0.5, 0.6) is 0 Å². The fourth-order valence-corrected chi connectivity index (χ4v) is 1.92. The van der Waals surface area contributed by atoms with Gasteiger partial charge in [0.1, 0.15) is 5.78 Å². The molecule has 5 nitrogen and oxygen atoms in total. The van der Waals surface area contributed by atoms with Crippen molar-refractivity contribution in [3.8, 4) is 0 Å². The summed E-state index contributed by atoms with van der Waals surface area (Å²) in [6.45, 7) is 2.41. The lowest BCUT2D eigenvalue weighted by Gasteiger charge is -2.10. The van der Waals surface area contributed by atoms with Crippen LogP contribution in [-0.4, -0.2) is 23.5 Å². The number of Topliss-reactive ketones (excluding diaryl/α,β-unsaturated/α-hetero) is 1. The zero-order valence-corrected chi connectivity index (χ0v) is 11.8. The van der Waals surface area contributed by atoms with Gasteiger partial charge in [0, 0.05) is 18.9 Å². The molecule has 0 radical (unpaired) electrons. The maximum atomic E-state index is 12.0. The number of amides is 2. The van der Waals surface area contributed by atoms with Crippen LogP contribution in [0.3, 0.4) is 0 Å². The monoisotopic (exact) mass is 278 g/mol. The fourth-order valence-electron chi connectivity index (χ4n) is 1.92. The number of benzene rings is 1. The predicted molar refractivity (Wildman–Crippen MR) is 77.1 cm³/mol. The van der Waals surface area contributed by atoms with Crippen molar-refractivity contribution in [2.24, 2.45) is 11.7 Å². The molecular weight excluding hydrogens is 256 g/mol. The van der Waals surface area contributed by atoms with E-state index in [2.05, 4.69) is 5.32 Å². The average molecular weight is 278 g/mol. The Bertz CT molecular complexity index is 443. The lowest BCUT2D eigenvalue weighted by molar-refractivity contribution is -0.121. The molecule has 0 aliphatic heterocycles. The molecule has 4 N–H and O–H groups in total. The summed E-state index contributed by atoms with van der Waals surface area (Å²) in [6, 6.07) is 6.84. The number of primary amides is 1. The lowest BCUT2D eigenvalue weighted by Crippen LogP contribution is -2.30. The molecule has 1 rings (SSSR count). The summed E-state index contributed by atoms with van der Waals surface area (Å²) in [7, 11) is 0. The molecule has 0 aliphatic carbocycles. The van der Waals surface area contributed by atoms with Crippen molar-refractivity contribution in [3.63, 3.8) is 0 Å². The van der Waals surface area contributed by atoms with Crippen molar-refractivity contribution in [2.75, 3.05) is 6.54 Å². The van der Waals surface area contributed by atoms with Crippen LogP contribution in [-0.2, 0) is 17.8 Å². The molecule has 0 aromatic heterocycles. The Morgan fingerprint density at radius 1 is 1.25 bits per heavy atom. The molecule has 2 amide bonds. The van der Waals surface area contributed by atoms with E-state index in [4.69, 9.17) is 10.8 Å². The van der Waals surface area contributed by atoms with Crippen molar-refractivity contribution in [1.29, 1.82) is 0 Å². The van der Waals surface area contributed by atoms with E-state index in [9.17, 15) is 9.59 Å². The van der Waals surface area contributed by atoms with Gasteiger partial charge >= 0.3 is 6.03 Å². The van der Waals surface area contributed by atoms with E-state index in [0.29, 0.717) is 13.0 Å². The second-order valence-electron chi connectivity index (χ2n) is 4.95. The first-order valence-electron chi connectivity index (χ1n) is 6.77. The Morgan fingerprint density at radius 2 is 1.85 bits per heavy atom. The number of aliphatic hydroxyl groups excluding tert-OH is 1. The summed E-state index contributed by atoms with van der Waals surface area (Å²) in [5.74, 6) is 0.142. The average Bonchev–Trinajstić information content (AvgIpc) is 2.44. The zero-order chi connectivity index (χ0) is 15.0. The van der Waals surface area contributed by atoms with Gasteiger partial charge in [-0.3, -0.25) is 4.79 Å². The number of rotatable bonds is 8. The standard InChI is InChI=1S/C15H22N2O3/c1-11(3-2-8-17-15(16)20)14(19)9-12-4-6-13(10-18)7-5-12/h4-7,11,18H,2-3,8-10H2,1H3,(H3,16,17,20)/t11-/m0/s1. The first kappa shape index (κ1) is 16.2. The van der Waals surface area contributed by atoms with E-state index in [1.54, 1.807) is 0 Å². The Hall–Kier alpha value is -1.88. The van der Waals surface area contributed by atoms with E-state index in [0.717, 1.165) is 24.0 Å². The molecule has 110 valence electrons. The minimum absolute atomic E-state index is 0.0114. The van der Waals surface area contributed by atoms with Gasteiger partial charge in [-0.15, -0.1) is 0 Å². The molecule has 20 heavy (non-hydrogen) atoms. The zero-order valence-electron chi connectivity index (χ0n) is 11.8. The van der Waals surface area contributed by atoms with Gasteiger partial charge in [-0.05, 0) is 24.0 Å². The highest BCUT2D eigenvalue weighted by Crippen LogP contribution is 2.12. The molecule has 1 atom stereocenters. The largest absolute Gasteiger partial charge is 0.392 e. The first-order valence-corrected chi connectivity index (χ1v) is 6.77. The topological polar surface area (TPSA) is 92.4 Å². The smallest absolute Gasteiger partial charge is 0.312 e. The predicted octanol–water partition coefficient (Wildman–Crippen LogP) is 1.38. The maximum absolute atomic E-state index is 12.0. The summed E-state index contributed by atoms with van der Waals surface area (Å²) in [5, 5.41) is 11.5. The highest BCUT2D eigenvalue weighted by molar-refractivity contribution is 5.82. The molecule has 0 bridgehead atoms. The van der Waals surface area contributed by atoms with Crippen molar-refractivity contribution in [1.82, 2.24) is 5.32 Å². The number of carbonyl (C=O) groups is 2. The molecule has 0 heterocycles. The van der Waals surface area contributed by atoms with Gasteiger partial charge in [-0.1, -0.05) is 31.2 Å². The molecule has 0 saturated heterocycles. The molecule has 0 unspecified atom stereocenters. The van der Waals surface area contributed by atoms with E-state index in [1.807, 2.05) is 31.2 Å². The van der Waals surface area contributed by atoms with Crippen molar-refractivity contribution >= 4 is 11.8 Å². The number of nitrogens with one attached hydrogen (secondary N) is 1. The number of hydrogen-bond donors (Lipinski definition) is 3. The summed E-state index contributed by atoms with van der Waals surface area (Å²) in [6.07, 6.45) is 1.86. The number of aliphatic hydroxyl groups is 1. The minimum atomic E-state index is -0.534. The molecule has 1 aromatic rings. The molecule has 0 spiro atoms. The molecule has 0 saturated carbocycles. The number of nitrogens with two attached hydrogens (primary N) is 1. The van der Waals surface area contributed by atoms with Crippen LogP contribution in [0.2, 0.25) is 0 Å². The molecule has 1 aromatic carbocycles. The molecule has 0 fully saturated rings. The second-order valence-corrected chi connectivity index (χ2v) is 4.95. The Labute approximate surface area is 119 Å². The van der Waals surface area contributed by atoms with E-state index in [-0.39, 0.29) is 18.3 Å². The van der Waals surface area contributed by atoms with Gasteiger partial charge in [0.05, 0.1) is 6.61 Å². The second kappa shape index (κ2) is 8.32. The maximum Gasteiger partial charge on any atom is 0.312 e. The summed E-state index contributed by atoms with van der Waals surface area (Å²) in [4.78, 5) is 22.5. The van der Waals surface area contributed by atoms with Crippen molar-refractivity contribution < 1.29 is 14.7 Å². The van der Waals surface area contributed by atoms with Crippen LogP contribution in [0.1, 0.15) is 30.9 Å². The van der Waals surface area contributed by atoms with Crippen molar-refractivity contribution in [3.05, 3.63) is 35.4 Å². The van der Waals surface area contributed by atoms with Crippen LogP contribution < -0.4 is 11.1 Å². The van der Waals surface area contributed by atoms with E-state index < -0.39 is 6.03 Å². The van der Waals surface area contributed by atoms with Gasteiger partial charge < -0.3 is 16.2 Å². The third-order valence-electron chi connectivity index (χ3n) is 3.25. The van der Waals surface area contributed by atoms with Gasteiger partial charge in [0.2, 0.25) is 0 Å². The number of hydrogen-bond acceptors (Lipinski definition) is 3. The third-order valence-corrected chi connectivity index (χ3v) is 3.25. The molecule has 5 heteroatoms. The highest BCUT2D eigenvalue weighted by atomic mass is 16.3. The fraction of sp³-hybridized carbons (Fsp3) is 0.467. The summed E-state index contributed by atoms with van der Waals surface area (Å²) < 4.78 is 0. The Balaban J connectivity index is 2.34. The number of ketones is 1. The third kappa shape index (κ3) is 5.84. The van der Waals surface area contributed by atoms with Crippen molar-refractivity contribution in [2.45, 2.75) is 32.8 Å². The quantitative estimate of drug-likeness (QED) is 0.627. The number of carbonyl (C=O) groups excluding carboxylic acids is 2. The van der Waals surface area contributed by atoms with Gasteiger partial charge in [0.15, 0.2) is 0 Å². The lowest BCUT2D eigenvalue weighted by atomic mass is 9.95. The highest BCUT2D eigenvalue weighted by Gasteiger charge is 2.13. The Morgan fingerprint density at radius 3 is 2.40 bits per heavy atom. The van der Waals surface area contributed by atoms with Gasteiger partial charge in [-0.2, -0.15) is 0 Å². The summed E-state index contributed by atoms with van der Waals surface area (Å²) in [5.41, 5.74) is 6.75. The summed E-state index contributed by atoms with van der Waals surface area (Å²) >= 11 is 0. The Kier molecular flexibility index (Phi) is 6.73. The van der Waals surface area contributed by atoms with E-state index >= 15 is 0 Å². The van der Waals surface area contributed by atoms with Crippen LogP contribution in [0, 0.1) is 5.92 Å². The normalized spacial score (nSPS) is 11.9. The van der Waals surface area contributed by atoms with Crippen LogP contribution in [0.4, 0.5) is 4.79 Å². The van der Waals surface area contributed by atoms with Crippen LogP contribution in [0.25, 0.3) is 0 Å². The first-order chi connectivity index (χ1) is 9.52. The van der Waals surface area contributed by atoms with Crippen LogP contribution in [0.15, 0.2) is 24.3 Å². The van der Waals surface area contributed by atoms with E-state index in [1.165, 1.54) is 0 Å². The van der Waals surface area contributed by atoms with Gasteiger partial charge in [-0.25, -0.2) is 4.79 Å². The van der Waals surface area contributed by atoms with Crippen LogP contribution >= 0.6 is 0 Å². The molecule has 0 aliphatic rings. The molecular formula is C15H22N2O3.